The van der Waals surface area contributed by atoms with Gasteiger partial charge in [-0.1, -0.05) is 40.0 Å². The summed E-state index contributed by atoms with van der Waals surface area (Å²) in [5.41, 5.74) is 40.4. The van der Waals surface area contributed by atoms with Gasteiger partial charge in [0, 0.05) is 0 Å². The molecule has 0 heterocycles. The minimum absolute atomic E-state index is 0. The van der Waals surface area contributed by atoms with Crippen molar-refractivity contribution in [1.29, 1.82) is 0 Å². The van der Waals surface area contributed by atoms with Crippen LogP contribution in [0.25, 0.3) is 34.4 Å². The minimum atomic E-state index is -1.25. The number of hydrogen-bond acceptors (Lipinski definition) is 1. The first-order valence-corrected chi connectivity index (χ1v) is 6.97. The second-order valence-electron chi connectivity index (χ2n) is 4.57. The summed E-state index contributed by atoms with van der Waals surface area (Å²) in [5, 5.41) is 12.5. The van der Waals surface area contributed by atoms with Gasteiger partial charge >= 0.3 is 21.9 Å². The standard InChI is InChI=1S/3C4H10N2.Co.H2NO3/c3*1-4(6)2-3-5;;2-1(3)4/h3*4-6H,2-3H2,1H3;;(H2,2,3,4)/q3*-2;+2;+1. The third-order valence-electron chi connectivity index (χ3n) is 1.73. The zero-order valence-electron chi connectivity index (χ0n) is 14.1. The van der Waals surface area contributed by atoms with Crippen LogP contribution in [0.4, 0.5) is 0 Å². The number of rotatable bonds is 6. The first kappa shape index (κ1) is 33.9. The summed E-state index contributed by atoms with van der Waals surface area (Å²) >= 11 is 0. The molecule has 10 nitrogen and oxygen atoms in total. The van der Waals surface area contributed by atoms with Crippen LogP contribution in [0.2, 0.25) is 0 Å². The Hall–Kier alpha value is -0.534. The predicted molar refractivity (Wildman–Crippen MR) is 90.0 cm³/mol. The Morgan fingerprint density at radius 1 is 0.739 bits per heavy atom. The molecule has 8 N–H and O–H groups in total. The van der Waals surface area contributed by atoms with Gasteiger partial charge in [0.25, 0.3) is 0 Å². The van der Waals surface area contributed by atoms with Gasteiger partial charge in [-0.3, -0.25) is 0 Å². The Morgan fingerprint density at radius 2 is 0.870 bits per heavy atom. The van der Waals surface area contributed by atoms with E-state index in [-0.39, 0.29) is 34.9 Å². The molecular weight excluding hydrogens is 349 g/mol. The Balaban J connectivity index is -0.0000000624. The molecule has 3 unspecified atom stereocenters. The van der Waals surface area contributed by atoms with Crippen LogP contribution in [0.1, 0.15) is 40.0 Å². The largest absolute Gasteiger partial charge is 2.00 e. The summed E-state index contributed by atoms with van der Waals surface area (Å²) in [5.74, 6) is 0. The molecule has 0 amide bonds. The molecule has 0 aliphatic heterocycles. The average molecular weight is 381 g/mol. The fourth-order valence-electron chi connectivity index (χ4n) is 0.650. The van der Waals surface area contributed by atoms with Crippen molar-refractivity contribution in [1.82, 2.24) is 0 Å². The second-order valence-corrected chi connectivity index (χ2v) is 4.57. The van der Waals surface area contributed by atoms with Gasteiger partial charge in [0.1, 0.15) is 4.91 Å². The zero-order valence-corrected chi connectivity index (χ0v) is 15.1. The first-order valence-electron chi connectivity index (χ1n) is 6.97. The summed E-state index contributed by atoms with van der Waals surface area (Å²) in [6.45, 7) is 6.58. The van der Waals surface area contributed by atoms with Gasteiger partial charge in [-0.05, 0) is 0 Å². The third kappa shape index (κ3) is 113. The van der Waals surface area contributed by atoms with Crippen molar-refractivity contribution in [3.63, 3.8) is 0 Å². The topological polar surface area (TPSA) is 203 Å². The van der Waals surface area contributed by atoms with E-state index < -0.39 is 5.09 Å². The second kappa shape index (κ2) is 29.5. The summed E-state index contributed by atoms with van der Waals surface area (Å²) in [6.07, 6.45) is 2.12. The summed E-state index contributed by atoms with van der Waals surface area (Å²) < 4.78 is 0. The molecule has 11 heteroatoms. The maximum Gasteiger partial charge on any atom is 2.00 e. The van der Waals surface area contributed by atoms with E-state index in [1.165, 1.54) is 0 Å². The van der Waals surface area contributed by atoms with Gasteiger partial charge < -0.3 is 34.4 Å². The maximum absolute atomic E-state index is 8.47. The van der Waals surface area contributed by atoms with Crippen molar-refractivity contribution >= 4 is 0 Å². The molecule has 145 valence electrons. The van der Waals surface area contributed by atoms with Gasteiger partial charge in [0.15, 0.2) is 0 Å². The molecule has 0 saturated carbocycles. The molecular formula is C12H32CoN7O3-3. The van der Waals surface area contributed by atoms with Crippen molar-refractivity contribution in [2.24, 2.45) is 0 Å². The molecule has 23 heavy (non-hydrogen) atoms. The van der Waals surface area contributed by atoms with Crippen LogP contribution < -0.4 is 0 Å². The molecule has 0 aromatic heterocycles. The third-order valence-corrected chi connectivity index (χ3v) is 1.73. The van der Waals surface area contributed by atoms with Gasteiger partial charge in [0.2, 0.25) is 0 Å². The first-order chi connectivity index (χ1) is 10.0. The van der Waals surface area contributed by atoms with E-state index in [0.717, 1.165) is 0 Å². The molecule has 0 spiro atoms. The Labute approximate surface area is 150 Å². The van der Waals surface area contributed by atoms with E-state index >= 15 is 0 Å². The van der Waals surface area contributed by atoms with Crippen molar-refractivity contribution in [3.8, 4) is 0 Å². The van der Waals surface area contributed by atoms with Crippen LogP contribution >= 0.6 is 0 Å². The fraction of sp³-hybridized carbons (Fsp3) is 1.00. The van der Waals surface area contributed by atoms with E-state index in [9.17, 15) is 0 Å². The number of nitrogens with zero attached hydrogens (tertiary/aromatic N) is 1. The molecule has 0 bridgehead atoms. The SMILES string of the molecule is CC([NH-])CC[NH-].CC([NH-])CC[NH-].CC([NH-])CC[NH-].O=[N+](O)O.[Co+2]. The molecule has 0 aliphatic carbocycles. The van der Waals surface area contributed by atoms with Crippen LogP contribution in [0.15, 0.2) is 0 Å². The summed E-state index contributed by atoms with van der Waals surface area (Å²) in [7, 11) is 0. The van der Waals surface area contributed by atoms with Crippen molar-refractivity contribution in [3.05, 3.63) is 39.3 Å². The molecule has 0 saturated heterocycles. The fourth-order valence-corrected chi connectivity index (χ4v) is 0.650. The molecule has 0 rings (SSSR count). The smallest absolute Gasteiger partial charge is 0.677 e. The monoisotopic (exact) mass is 381 g/mol. The van der Waals surface area contributed by atoms with E-state index in [1.807, 2.05) is 0 Å². The summed E-state index contributed by atoms with van der Waals surface area (Å²) in [6, 6.07) is -0.118. The molecule has 3 atom stereocenters. The van der Waals surface area contributed by atoms with Crippen molar-refractivity contribution in [2.45, 2.75) is 58.2 Å². The molecule has 0 aromatic rings. The average Bonchev–Trinajstić information content (AvgIpc) is 2.28. The van der Waals surface area contributed by atoms with Gasteiger partial charge in [-0.15, -0.1) is 18.1 Å². The molecule has 0 fully saturated rings. The van der Waals surface area contributed by atoms with E-state index in [2.05, 4.69) is 0 Å². The molecule has 0 aliphatic rings. The maximum atomic E-state index is 8.47. The van der Waals surface area contributed by atoms with Gasteiger partial charge in [-0.2, -0.15) is 19.6 Å². The van der Waals surface area contributed by atoms with Gasteiger partial charge in [0.05, 0.1) is 0 Å². The van der Waals surface area contributed by atoms with E-state index in [4.69, 9.17) is 49.7 Å². The predicted octanol–water partition coefficient (Wildman–Crippen LogP) is 5.15. The number of hydrogen-bond donors (Lipinski definition) is 2. The normalized spacial score (nSPS) is 12.4. The van der Waals surface area contributed by atoms with Crippen LogP contribution in [0, 0.1) is 4.91 Å². The van der Waals surface area contributed by atoms with Crippen molar-refractivity contribution < 1.29 is 32.3 Å². The zero-order chi connectivity index (χ0) is 18.6. The Morgan fingerprint density at radius 3 is 0.870 bits per heavy atom. The van der Waals surface area contributed by atoms with Crippen LogP contribution in [0.3, 0.4) is 0 Å². The summed E-state index contributed by atoms with van der Waals surface area (Å²) in [4.78, 5) is 8.47. The van der Waals surface area contributed by atoms with E-state index in [1.54, 1.807) is 20.8 Å². The van der Waals surface area contributed by atoms with Crippen LogP contribution in [-0.2, 0) is 16.8 Å². The van der Waals surface area contributed by atoms with E-state index in [0.29, 0.717) is 38.9 Å². The van der Waals surface area contributed by atoms with Crippen LogP contribution in [0.5, 0.6) is 0 Å². The molecule has 0 aromatic carbocycles. The van der Waals surface area contributed by atoms with Crippen LogP contribution in [-0.4, -0.2) is 53.3 Å². The molecule has 1 radical (unpaired) electrons. The number of nitrogens with one attached hydrogen (secondary N) is 6. The minimum Gasteiger partial charge on any atom is -0.677 e. The Kier molecular flexibility index (Phi) is 43.5. The quantitative estimate of drug-likeness (QED) is 0.599. The Bertz CT molecular complexity index is 183. The van der Waals surface area contributed by atoms with Crippen molar-refractivity contribution in [2.75, 3.05) is 19.6 Å². The van der Waals surface area contributed by atoms with Gasteiger partial charge in [-0.25, -0.2) is 10.4 Å².